The first kappa shape index (κ1) is 28.1. The van der Waals surface area contributed by atoms with Crippen molar-refractivity contribution in [2.75, 3.05) is 25.4 Å². The molecule has 0 aliphatic carbocycles. The molecule has 38 heavy (non-hydrogen) atoms. The van der Waals surface area contributed by atoms with E-state index in [0.717, 1.165) is 35.1 Å². The fraction of sp³-hybridized carbons (Fsp3) is 0.517. The molecule has 0 unspecified atom stereocenters. The zero-order valence-electron chi connectivity index (χ0n) is 23.0. The second-order valence-corrected chi connectivity index (χ2v) is 12.5. The molecule has 1 aliphatic rings. The maximum absolute atomic E-state index is 13.7. The highest BCUT2D eigenvalue weighted by Gasteiger charge is 2.32. The number of fused-ring (bicyclic) bond motifs is 1. The van der Waals surface area contributed by atoms with Crippen LogP contribution in [-0.2, 0) is 16.4 Å². The van der Waals surface area contributed by atoms with Gasteiger partial charge in [0.25, 0.3) is 5.56 Å². The molecule has 1 saturated heterocycles. The molecule has 1 fully saturated rings. The van der Waals surface area contributed by atoms with Gasteiger partial charge in [0.15, 0.2) is 5.78 Å². The Kier molecular flexibility index (Phi) is 8.47. The predicted octanol–water partition coefficient (Wildman–Crippen LogP) is 4.78. The summed E-state index contributed by atoms with van der Waals surface area (Å²) >= 11 is 0. The molecule has 1 aromatic carbocycles. The average molecular weight is 542 g/mol. The van der Waals surface area contributed by atoms with Crippen molar-refractivity contribution < 1.29 is 17.9 Å². The number of nitrogens with one attached hydrogen (secondary N) is 1. The Balaban J connectivity index is 1.60. The number of aromatic nitrogens is 2. The maximum atomic E-state index is 13.7. The smallest absolute Gasteiger partial charge is 0.255 e. The van der Waals surface area contributed by atoms with Gasteiger partial charge in [-0.3, -0.25) is 9.59 Å². The number of ketones is 1. The summed E-state index contributed by atoms with van der Waals surface area (Å²) in [6.45, 7) is 11.0. The van der Waals surface area contributed by atoms with Crippen LogP contribution in [0.4, 0.5) is 0 Å². The molecule has 1 aliphatic heterocycles. The van der Waals surface area contributed by atoms with Crippen LogP contribution in [0.5, 0.6) is 5.75 Å². The molecule has 4 rings (SSSR count). The van der Waals surface area contributed by atoms with E-state index in [0.29, 0.717) is 48.9 Å². The van der Waals surface area contributed by atoms with Gasteiger partial charge in [-0.05, 0) is 71.9 Å². The van der Waals surface area contributed by atoms with Crippen LogP contribution >= 0.6 is 0 Å². The number of aromatic amines is 1. The number of pyridine rings is 1. The number of hydrogen-bond donors (Lipinski definition) is 1. The number of sulfonamides is 1. The third kappa shape index (κ3) is 5.45. The van der Waals surface area contributed by atoms with Gasteiger partial charge in [-0.2, -0.15) is 0 Å². The summed E-state index contributed by atoms with van der Waals surface area (Å²) in [4.78, 5) is 29.1. The third-order valence-corrected chi connectivity index (χ3v) is 9.79. The normalized spacial score (nSPS) is 16.1. The van der Waals surface area contributed by atoms with Crippen LogP contribution in [0.3, 0.4) is 0 Å². The zero-order chi connectivity index (χ0) is 27.6. The summed E-state index contributed by atoms with van der Waals surface area (Å²) in [6.07, 6.45) is 2.06. The summed E-state index contributed by atoms with van der Waals surface area (Å²) < 4.78 is 34.2. The van der Waals surface area contributed by atoms with Crippen molar-refractivity contribution in [1.82, 2.24) is 13.9 Å². The summed E-state index contributed by atoms with van der Waals surface area (Å²) in [7, 11) is -3.18. The van der Waals surface area contributed by atoms with Gasteiger partial charge in [0, 0.05) is 53.4 Å². The van der Waals surface area contributed by atoms with Gasteiger partial charge in [-0.25, -0.2) is 12.7 Å². The molecule has 1 atom stereocenters. The van der Waals surface area contributed by atoms with E-state index in [2.05, 4.69) is 16.5 Å². The van der Waals surface area contributed by atoms with Gasteiger partial charge < -0.3 is 14.3 Å². The number of Topliss-reactive ketones (excluding diaryl/α,β-unsaturated/α-hetero) is 1. The van der Waals surface area contributed by atoms with E-state index in [4.69, 9.17) is 4.74 Å². The van der Waals surface area contributed by atoms with Crippen molar-refractivity contribution >= 4 is 26.7 Å². The lowest BCUT2D eigenvalue weighted by Crippen LogP contribution is -2.40. The Morgan fingerprint density at radius 1 is 1.16 bits per heavy atom. The first-order valence-electron chi connectivity index (χ1n) is 13.5. The topological polar surface area (TPSA) is 101 Å². The van der Waals surface area contributed by atoms with Gasteiger partial charge in [-0.1, -0.05) is 18.2 Å². The molecule has 0 bridgehead atoms. The lowest BCUT2D eigenvalue weighted by atomic mass is 9.91. The van der Waals surface area contributed by atoms with Crippen molar-refractivity contribution in [3.63, 3.8) is 0 Å². The minimum atomic E-state index is -3.18. The van der Waals surface area contributed by atoms with E-state index >= 15 is 0 Å². The maximum Gasteiger partial charge on any atom is 0.255 e. The van der Waals surface area contributed by atoms with Crippen molar-refractivity contribution in [3.8, 4) is 5.75 Å². The molecule has 9 heteroatoms. The molecule has 8 nitrogen and oxygen atoms in total. The minimum absolute atomic E-state index is 0.00377. The Bertz CT molecular complexity index is 1480. The first-order chi connectivity index (χ1) is 18.1. The third-order valence-electron chi connectivity index (χ3n) is 7.91. The second kappa shape index (κ2) is 11.5. The van der Waals surface area contributed by atoms with E-state index in [1.54, 1.807) is 17.3 Å². The lowest BCUT2D eigenvalue weighted by Gasteiger charge is -2.35. The molecule has 1 N–H and O–H groups in total. The van der Waals surface area contributed by atoms with Gasteiger partial charge >= 0.3 is 0 Å². The highest BCUT2D eigenvalue weighted by Crippen LogP contribution is 2.36. The number of hydrogen-bond acceptors (Lipinski definition) is 5. The van der Waals surface area contributed by atoms with Crippen LogP contribution < -0.4 is 10.3 Å². The van der Waals surface area contributed by atoms with E-state index in [-0.39, 0.29) is 29.6 Å². The van der Waals surface area contributed by atoms with Gasteiger partial charge in [0.05, 0.1) is 17.9 Å². The van der Waals surface area contributed by atoms with Crippen LogP contribution in [0.2, 0.25) is 0 Å². The Morgan fingerprint density at radius 2 is 1.84 bits per heavy atom. The summed E-state index contributed by atoms with van der Waals surface area (Å²) in [6, 6.07) is 9.87. The van der Waals surface area contributed by atoms with Crippen LogP contribution in [-0.4, -0.2) is 53.5 Å². The monoisotopic (exact) mass is 541 g/mol. The highest BCUT2D eigenvalue weighted by molar-refractivity contribution is 7.89. The molecule has 3 aromatic rings. The van der Waals surface area contributed by atoms with E-state index < -0.39 is 10.0 Å². The van der Waals surface area contributed by atoms with Crippen LogP contribution in [0.1, 0.15) is 73.4 Å². The van der Waals surface area contributed by atoms with Crippen LogP contribution in [0, 0.1) is 19.8 Å². The van der Waals surface area contributed by atoms with Gasteiger partial charge in [-0.15, -0.1) is 0 Å². The van der Waals surface area contributed by atoms with Gasteiger partial charge in [0.1, 0.15) is 5.75 Å². The SMILES string of the molecule is CCOc1cc(C)[nH]c(=O)c1CCC(=O)c1c(C)n([C@H](C)C2CCN(S(=O)(=O)CC)CC2)c2ccccc12. The summed E-state index contributed by atoms with van der Waals surface area (Å²) in [5.41, 5.74) is 3.61. The van der Waals surface area contributed by atoms with E-state index in [1.165, 1.54) is 0 Å². The number of para-hydroxylation sites is 1. The van der Waals surface area contributed by atoms with Crippen molar-refractivity contribution in [3.05, 3.63) is 63.2 Å². The fourth-order valence-corrected chi connectivity index (χ4v) is 7.00. The highest BCUT2D eigenvalue weighted by atomic mass is 32.2. The fourth-order valence-electron chi connectivity index (χ4n) is 5.87. The van der Waals surface area contributed by atoms with Crippen molar-refractivity contribution in [2.24, 2.45) is 5.92 Å². The molecule has 0 saturated carbocycles. The molecular formula is C29H39N3O5S. The predicted molar refractivity (Wildman–Crippen MR) is 151 cm³/mol. The molecule has 0 radical (unpaired) electrons. The number of piperidine rings is 1. The van der Waals surface area contributed by atoms with E-state index in [9.17, 15) is 18.0 Å². The lowest BCUT2D eigenvalue weighted by molar-refractivity contribution is 0.0983. The summed E-state index contributed by atoms with van der Waals surface area (Å²) in [5, 5.41) is 0.913. The number of H-pyrrole nitrogens is 1. The summed E-state index contributed by atoms with van der Waals surface area (Å²) in [5.74, 6) is 0.956. The Labute approximate surface area is 225 Å². The number of carbonyl (C=O) groups excluding carboxylic acids is 1. The number of aryl methyl sites for hydroxylation is 1. The quantitative estimate of drug-likeness (QED) is 0.372. The standard InChI is InChI=1S/C29H39N3O5S/c1-6-37-27-18-19(3)30-29(34)24(27)12-13-26(33)28-21(5)32(25-11-9-8-10-23(25)28)20(4)22-14-16-31(17-15-22)38(35,36)7-2/h8-11,18,20,22H,6-7,12-17H2,1-5H3,(H,30,34)/t20-/m1/s1. The molecule has 206 valence electrons. The molecule has 0 spiro atoms. The first-order valence-corrected chi connectivity index (χ1v) is 15.2. The number of rotatable bonds is 10. The van der Waals surface area contributed by atoms with Crippen LogP contribution in [0.15, 0.2) is 35.1 Å². The average Bonchev–Trinajstić information content (AvgIpc) is 3.19. The Morgan fingerprint density at radius 3 is 2.50 bits per heavy atom. The number of carbonyl (C=O) groups is 1. The van der Waals surface area contributed by atoms with Crippen LogP contribution in [0.25, 0.3) is 10.9 Å². The van der Waals surface area contributed by atoms with E-state index in [1.807, 2.05) is 45.0 Å². The number of ether oxygens (including phenoxy) is 1. The largest absolute Gasteiger partial charge is 0.493 e. The minimum Gasteiger partial charge on any atom is -0.493 e. The number of nitrogens with zero attached hydrogens (tertiary/aromatic N) is 2. The van der Waals surface area contributed by atoms with Crippen molar-refractivity contribution in [1.29, 1.82) is 0 Å². The molecular weight excluding hydrogens is 502 g/mol. The molecule has 0 amide bonds. The molecule has 2 aromatic heterocycles. The Hall–Kier alpha value is -2.91. The zero-order valence-corrected chi connectivity index (χ0v) is 23.9. The van der Waals surface area contributed by atoms with Crippen molar-refractivity contribution in [2.45, 2.75) is 66.3 Å². The van der Waals surface area contributed by atoms with Gasteiger partial charge in [0.2, 0.25) is 10.0 Å². The molecule has 3 heterocycles. The number of benzene rings is 1. The second-order valence-electron chi connectivity index (χ2n) is 10.2.